The van der Waals surface area contributed by atoms with Gasteiger partial charge in [0, 0.05) is 57.1 Å². The van der Waals surface area contributed by atoms with Crippen LogP contribution in [-0.4, -0.2) is 58.8 Å². The van der Waals surface area contributed by atoms with E-state index in [1.54, 1.807) is 15.9 Å². The van der Waals surface area contributed by atoms with Crippen LogP contribution in [0.2, 0.25) is 5.02 Å². The second kappa shape index (κ2) is 9.08. The lowest BCUT2D eigenvalue weighted by molar-refractivity contribution is 0.0992. The molecular weight excluding hydrogens is 472 g/mol. The minimum Gasteiger partial charge on any atom is -0.368 e. The summed E-state index contributed by atoms with van der Waals surface area (Å²) in [5.74, 6) is 0.826. The van der Waals surface area contributed by atoms with Gasteiger partial charge in [0.25, 0.3) is 5.91 Å². The zero-order chi connectivity index (χ0) is 24.8. The summed E-state index contributed by atoms with van der Waals surface area (Å²) in [5.41, 5.74) is 5.94. The number of hydrogen-bond acceptors (Lipinski definition) is 5. The van der Waals surface area contributed by atoms with Crippen LogP contribution in [0.4, 0.5) is 11.4 Å². The molecule has 0 N–H and O–H groups in total. The fraction of sp³-hybridized carbons (Fsp3) is 0.250. The highest BCUT2D eigenvalue weighted by atomic mass is 35.5. The molecular formula is C28H27ClN6O. The second-order valence-corrected chi connectivity index (χ2v) is 9.72. The third-order valence-corrected chi connectivity index (χ3v) is 7.62. The van der Waals surface area contributed by atoms with Crippen molar-refractivity contribution in [3.63, 3.8) is 0 Å². The highest BCUT2D eigenvalue weighted by Crippen LogP contribution is 2.41. The maximum atomic E-state index is 13.3. The molecule has 0 saturated carbocycles. The number of piperazine rings is 1. The Balaban J connectivity index is 1.29. The Labute approximate surface area is 215 Å². The Morgan fingerprint density at radius 1 is 0.861 bits per heavy atom. The third kappa shape index (κ3) is 3.75. The summed E-state index contributed by atoms with van der Waals surface area (Å²) in [6.07, 6.45) is 1.55. The second-order valence-electron chi connectivity index (χ2n) is 9.31. The molecule has 1 atom stereocenters. The van der Waals surface area contributed by atoms with Gasteiger partial charge in [-0.15, -0.1) is 0 Å². The quantitative estimate of drug-likeness (QED) is 0.412. The standard InChI is InChI=1S/C28H27ClN6O/c1-32-24-10-6-5-9-22(24)26(20-7-3-4-8-21(20)28(32)36)35-15-13-34(14-16-35)25-12-11-19(17-23(25)29)27-30-18-31-33(27)2/h3-12,17-18,26H,13-16H2,1-2H3. The zero-order valence-corrected chi connectivity index (χ0v) is 21.1. The molecule has 182 valence electrons. The van der Waals surface area contributed by atoms with Gasteiger partial charge >= 0.3 is 0 Å². The van der Waals surface area contributed by atoms with Crippen LogP contribution in [0.5, 0.6) is 0 Å². The summed E-state index contributed by atoms with van der Waals surface area (Å²) in [6.45, 7) is 3.39. The number of aryl methyl sites for hydroxylation is 1. The molecule has 0 radical (unpaired) electrons. The molecule has 1 fully saturated rings. The maximum absolute atomic E-state index is 13.3. The van der Waals surface area contributed by atoms with Crippen molar-refractivity contribution < 1.29 is 4.79 Å². The Morgan fingerprint density at radius 3 is 2.31 bits per heavy atom. The molecule has 1 saturated heterocycles. The average molecular weight is 499 g/mol. The van der Waals surface area contributed by atoms with Crippen molar-refractivity contribution in [2.24, 2.45) is 7.05 Å². The number of carbonyl (C=O) groups excluding carboxylic acids is 1. The van der Waals surface area contributed by atoms with Crippen LogP contribution >= 0.6 is 11.6 Å². The highest BCUT2D eigenvalue weighted by Gasteiger charge is 2.35. The predicted octanol–water partition coefficient (Wildman–Crippen LogP) is 4.64. The lowest BCUT2D eigenvalue weighted by atomic mass is 9.93. The van der Waals surface area contributed by atoms with Crippen molar-refractivity contribution in [2.75, 3.05) is 43.0 Å². The fourth-order valence-electron chi connectivity index (χ4n) is 5.49. The molecule has 2 aliphatic rings. The number of nitrogens with zero attached hydrogens (tertiary/aromatic N) is 6. The van der Waals surface area contributed by atoms with Gasteiger partial charge in [0.2, 0.25) is 0 Å². The monoisotopic (exact) mass is 498 g/mol. The summed E-state index contributed by atoms with van der Waals surface area (Å²) in [4.78, 5) is 24.2. The van der Waals surface area contributed by atoms with E-state index in [4.69, 9.17) is 11.6 Å². The number of hydrogen-bond donors (Lipinski definition) is 0. The smallest absolute Gasteiger partial charge is 0.258 e. The summed E-state index contributed by atoms with van der Waals surface area (Å²) >= 11 is 6.75. The first-order chi connectivity index (χ1) is 17.5. The SMILES string of the molecule is CN1C(=O)c2ccccc2C(N2CCN(c3ccc(-c4ncnn4C)cc3Cl)CC2)c2ccccc21. The lowest BCUT2D eigenvalue weighted by Gasteiger charge is -2.41. The fourth-order valence-corrected chi connectivity index (χ4v) is 5.79. The topological polar surface area (TPSA) is 57.5 Å². The van der Waals surface area contributed by atoms with Gasteiger partial charge < -0.3 is 9.80 Å². The van der Waals surface area contributed by atoms with Gasteiger partial charge in [-0.05, 0) is 41.5 Å². The molecule has 1 aromatic heterocycles. The largest absolute Gasteiger partial charge is 0.368 e. The number of rotatable bonds is 3. The van der Waals surface area contributed by atoms with E-state index in [1.807, 2.05) is 50.5 Å². The number of fused-ring (bicyclic) bond motifs is 2. The molecule has 3 heterocycles. The highest BCUT2D eigenvalue weighted by molar-refractivity contribution is 6.33. The first-order valence-electron chi connectivity index (χ1n) is 12.1. The van der Waals surface area contributed by atoms with Gasteiger partial charge in [-0.3, -0.25) is 9.69 Å². The van der Waals surface area contributed by atoms with Crippen LogP contribution in [-0.2, 0) is 7.05 Å². The summed E-state index contributed by atoms with van der Waals surface area (Å²) in [7, 11) is 3.74. The van der Waals surface area contributed by atoms with Gasteiger partial charge in [-0.2, -0.15) is 5.10 Å². The van der Waals surface area contributed by atoms with E-state index in [9.17, 15) is 4.79 Å². The molecule has 7 nitrogen and oxygen atoms in total. The van der Waals surface area contributed by atoms with Crippen molar-refractivity contribution in [2.45, 2.75) is 6.04 Å². The maximum Gasteiger partial charge on any atom is 0.258 e. The predicted molar refractivity (Wildman–Crippen MR) is 143 cm³/mol. The van der Waals surface area contributed by atoms with E-state index in [0.29, 0.717) is 5.02 Å². The summed E-state index contributed by atoms with van der Waals surface area (Å²) < 4.78 is 1.74. The first-order valence-corrected chi connectivity index (χ1v) is 12.5. The molecule has 4 aromatic rings. The minimum atomic E-state index is 0.0159. The van der Waals surface area contributed by atoms with Gasteiger partial charge in [-0.25, -0.2) is 9.67 Å². The van der Waals surface area contributed by atoms with E-state index >= 15 is 0 Å². The van der Waals surface area contributed by atoms with Crippen LogP contribution in [0.3, 0.4) is 0 Å². The van der Waals surface area contributed by atoms with Crippen LogP contribution in [0, 0.1) is 0 Å². The third-order valence-electron chi connectivity index (χ3n) is 7.32. The van der Waals surface area contributed by atoms with Crippen molar-refractivity contribution in [1.29, 1.82) is 0 Å². The molecule has 6 rings (SSSR count). The van der Waals surface area contributed by atoms with Crippen molar-refractivity contribution in [3.05, 3.63) is 94.8 Å². The molecule has 0 aliphatic carbocycles. The van der Waals surface area contributed by atoms with Gasteiger partial charge in [-0.1, -0.05) is 48.0 Å². The van der Waals surface area contributed by atoms with Crippen LogP contribution in [0.15, 0.2) is 73.1 Å². The van der Waals surface area contributed by atoms with Crippen molar-refractivity contribution >= 4 is 28.9 Å². The first kappa shape index (κ1) is 22.8. The van der Waals surface area contributed by atoms with Gasteiger partial charge in [0.05, 0.1) is 16.8 Å². The zero-order valence-electron chi connectivity index (χ0n) is 20.3. The number of anilines is 2. The molecule has 0 spiro atoms. The molecule has 1 amide bonds. The van der Waals surface area contributed by atoms with E-state index < -0.39 is 0 Å². The number of para-hydroxylation sites is 1. The van der Waals surface area contributed by atoms with Crippen LogP contribution in [0.25, 0.3) is 11.4 Å². The molecule has 8 heteroatoms. The molecule has 0 bridgehead atoms. The minimum absolute atomic E-state index is 0.0159. The Kier molecular flexibility index (Phi) is 5.74. The number of carbonyl (C=O) groups is 1. The van der Waals surface area contributed by atoms with E-state index in [0.717, 1.165) is 65.6 Å². The lowest BCUT2D eigenvalue weighted by Crippen LogP contribution is -2.48. The molecule has 36 heavy (non-hydrogen) atoms. The Bertz CT molecular complexity index is 1440. The van der Waals surface area contributed by atoms with E-state index in [1.165, 1.54) is 0 Å². The normalized spacial score (nSPS) is 18.1. The number of amides is 1. The van der Waals surface area contributed by atoms with Gasteiger partial charge in [0.15, 0.2) is 5.82 Å². The molecule has 1 unspecified atom stereocenters. The average Bonchev–Trinajstić information content (AvgIpc) is 3.31. The summed E-state index contributed by atoms with van der Waals surface area (Å²) in [6, 6.07) is 22.4. The Hall–Kier alpha value is -3.68. The van der Waals surface area contributed by atoms with Crippen LogP contribution < -0.4 is 9.80 Å². The molecule has 2 aliphatic heterocycles. The van der Waals surface area contributed by atoms with E-state index in [2.05, 4.69) is 50.2 Å². The number of halogens is 1. The number of benzene rings is 3. The Morgan fingerprint density at radius 2 is 1.58 bits per heavy atom. The molecule has 3 aromatic carbocycles. The van der Waals surface area contributed by atoms with Gasteiger partial charge in [0.1, 0.15) is 6.33 Å². The summed E-state index contributed by atoms with van der Waals surface area (Å²) in [5, 5.41) is 4.87. The van der Waals surface area contributed by atoms with E-state index in [-0.39, 0.29) is 11.9 Å². The van der Waals surface area contributed by atoms with Crippen molar-refractivity contribution in [1.82, 2.24) is 19.7 Å². The van der Waals surface area contributed by atoms with Crippen molar-refractivity contribution in [3.8, 4) is 11.4 Å². The van der Waals surface area contributed by atoms with Crippen LogP contribution in [0.1, 0.15) is 27.5 Å². The number of aromatic nitrogens is 3.